The lowest BCUT2D eigenvalue weighted by Crippen LogP contribution is -2.13. The van der Waals surface area contributed by atoms with Gasteiger partial charge in [-0.05, 0) is 24.3 Å². The van der Waals surface area contributed by atoms with Crippen LogP contribution in [0.15, 0.2) is 36.5 Å². The fraction of sp³-hybridized carbons (Fsp3) is 0.0769. The number of hydrogen-bond acceptors (Lipinski definition) is 4. The standard InChI is InChI=1S/C13H12FN3OS/c1-18-8-4-5-10(14)11(7-8)17-13-9(12(15)19)3-2-6-16-13/h2-7H,1H3,(H2,15,19)(H,16,17). The minimum atomic E-state index is -0.416. The molecule has 1 aromatic heterocycles. The molecule has 1 aromatic carbocycles. The van der Waals surface area contributed by atoms with Gasteiger partial charge in [0.1, 0.15) is 22.4 Å². The molecule has 98 valence electrons. The van der Waals surface area contributed by atoms with Crippen LogP contribution < -0.4 is 15.8 Å². The van der Waals surface area contributed by atoms with Gasteiger partial charge < -0.3 is 15.8 Å². The molecule has 0 unspecified atom stereocenters. The quantitative estimate of drug-likeness (QED) is 0.841. The highest BCUT2D eigenvalue weighted by Crippen LogP contribution is 2.25. The number of methoxy groups -OCH3 is 1. The Labute approximate surface area is 115 Å². The maximum atomic E-state index is 13.7. The maximum absolute atomic E-state index is 13.7. The Morgan fingerprint density at radius 3 is 2.89 bits per heavy atom. The molecular formula is C13H12FN3OS. The monoisotopic (exact) mass is 277 g/mol. The maximum Gasteiger partial charge on any atom is 0.146 e. The first kappa shape index (κ1) is 13.2. The number of halogens is 1. The summed E-state index contributed by atoms with van der Waals surface area (Å²) < 4.78 is 18.8. The number of benzene rings is 1. The van der Waals surface area contributed by atoms with E-state index in [4.69, 9.17) is 22.7 Å². The molecule has 2 aromatic rings. The van der Waals surface area contributed by atoms with Crippen LogP contribution in [0.3, 0.4) is 0 Å². The zero-order chi connectivity index (χ0) is 13.8. The zero-order valence-corrected chi connectivity index (χ0v) is 11.0. The molecule has 0 bridgehead atoms. The van der Waals surface area contributed by atoms with E-state index < -0.39 is 5.82 Å². The first-order valence-corrected chi connectivity index (χ1v) is 5.88. The molecule has 19 heavy (non-hydrogen) atoms. The van der Waals surface area contributed by atoms with E-state index in [0.717, 1.165) is 0 Å². The molecule has 4 nitrogen and oxygen atoms in total. The molecular weight excluding hydrogens is 265 g/mol. The molecule has 0 spiro atoms. The van der Waals surface area contributed by atoms with Crippen LogP contribution in [0.4, 0.5) is 15.9 Å². The van der Waals surface area contributed by atoms with Crippen molar-refractivity contribution in [2.45, 2.75) is 0 Å². The summed E-state index contributed by atoms with van der Waals surface area (Å²) in [6, 6.07) is 7.81. The van der Waals surface area contributed by atoms with E-state index in [1.54, 1.807) is 18.3 Å². The summed E-state index contributed by atoms with van der Waals surface area (Å²) in [6.45, 7) is 0. The van der Waals surface area contributed by atoms with Gasteiger partial charge in [0, 0.05) is 12.3 Å². The molecule has 0 aliphatic heterocycles. The van der Waals surface area contributed by atoms with E-state index >= 15 is 0 Å². The first-order valence-electron chi connectivity index (χ1n) is 5.47. The molecule has 0 saturated heterocycles. The van der Waals surface area contributed by atoms with Crippen molar-refractivity contribution in [1.82, 2.24) is 4.98 Å². The highest BCUT2D eigenvalue weighted by Gasteiger charge is 2.09. The molecule has 0 fully saturated rings. The van der Waals surface area contributed by atoms with Gasteiger partial charge in [-0.3, -0.25) is 0 Å². The number of rotatable bonds is 4. The third-order valence-electron chi connectivity index (χ3n) is 2.50. The first-order chi connectivity index (χ1) is 9.11. The summed E-state index contributed by atoms with van der Waals surface area (Å²) >= 11 is 4.93. The predicted octanol–water partition coefficient (Wildman–Crippen LogP) is 2.61. The fourth-order valence-electron chi connectivity index (χ4n) is 1.56. The molecule has 0 radical (unpaired) electrons. The lowest BCUT2D eigenvalue weighted by Gasteiger charge is -2.11. The number of ether oxygens (including phenoxy) is 1. The van der Waals surface area contributed by atoms with Crippen molar-refractivity contribution in [3.8, 4) is 5.75 Å². The molecule has 0 saturated carbocycles. The van der Waals surface area contributed by atoms with Crippen LogP contribution in [0.25, 0.3) is 0 Å². The SMILES string of the molecule is COc1ccc(F)c(Nc2ncccc2C(N)=S)c1. The van der Waals surface area contributed by atoms with Crippen molar-refractivity contribution in [3.63, 3.8) is 0 Å². The van der Waals surface area contributed by atoms with Gasteiger partial charge >= 0.3 is 0 Å². The summed E-state index contributed by atoms with van der Waals surface area (Å²) in [5.74, 6) is 0.527. The van der Waals surface area contributed by atoms with Crippen molar-refractivity contribution in [2.24, 2.45) is 5.73 Å². The van der Waals surface area contributed by atoms with Gasteiger partial charge in [0.15, 0.2) is 0 Å². The number of anilines is 2. The molecule has 0 aliphatic carbocycles. The highest BCUT2D eigenvalue weighted by molar-refractivity contribution is 7.80. The minimum Gasteiger partial charge on any atom is -0.497 e. The molecule has 0 atom stereocenters. The second-order valence-corrected chi connectivity index (χ2v) is 4.17. The largest absolute Gasteiger partial charge is 0.497 e. The van der Waals surface area contributed by atoms with E-state index in [1.807, 2.05) is 0 Å². The van der Waals surface area contributed by atoms with Gasteiger partial charge in [0.25, 0.3) is 0 Å². The van der Waals surface area contributed by atoms with Crippen LogP contribution in [-0.2, 0) is 0 Å². The second-order valence-electron chi connectivity index (χ2n) is 3.73. The van der Waals surface area contributed by atoms with E-state index in [1.165, 1.54) is 25.3 Å². The number of pyridine rings is 1. The van der Waals surface area contributed by atoms with Crippen LogP contribution in [0.2, 0.25) is 0 Å². The molecule has 2 rings (SSSR count). The normalized spacial score (nSPS) is 10.0. The Balaban J connectivity index is 2.38. The number of nitrogens with zero attached hydrogens (tertiary/aromatic N) is 1. The average Bonchev–Trinajstić information content (AvgIpc) is 2.41. The Morgan fingerprint density at radius 2 is 2.21 bits per heavy atom. The van der Waals surface area contributed by atoms with Crippen molar-refractivity contribution in [3.05, 3.63) is 47.9 Å². The minimum absolute atomic E-state index is 0.193. The Bertz CT molecular complexity index is 619. The number of aromatic nitrogens is 1. The van der Waals surface area contributed by atoms with Crippen LogP contribution in [-0.4, -0.2) is 17.1 Å². The molecule has 6 heteroatoms. The van der Waals surface area contributed by atoms with Gasteiger partial charge in [-0.2, -0.15) is 0 Å². The Kier molecular flexibility index (Phi) is 3.91. The smallest absolute Gasteiger partial charge is 0.146 e. The fourth-order valence-corrected chi connectivity index (χ4v) is 1.72. The van der Waals surface area contributed by atoms with Gasteiger partial charge in [0.2, 0.25) is 0 Å². The van der Waals surface area contributed by atoms with Crippen LogP contribution in [0.5, 0.6) is 5.75 Å². The van der Waals surface area contributed by atoms with Gasteiger partial charge in [-0.15, -0.1) is 0 Å². The van der Waals surface area contributed by atoms with E-state index in [0.29, 0.717) is 17.1 Å². The lowest BCUT2D eigenvalue weighted by molar-refractivity contribution is 0.414. The third-order valence-corrected chi connectivity index (χ3v) is 2.72. The van der Waals surface area contributed by atoms with E-state index in [9.17, 15) is 4.39 Å². The van der Waals surface area contributed by atoms with Gasteiger partial charge in [-0.25, -0.2) is 9.37 Å². The van der Waals surface area contributed by atoms with Gasteiger partial charge in [-0.1, -0.05) is 12.2 Å². The molecule has 0 aliphatic rings. The summed E-state index contributed by atoms with van der Waals surface area (Å²) in [5.41, 5.74) is 6.40. The van der Waals surface area contributed by atoms with Gasteiger partial charge in [0.05, 0.1) is 18.4 Å². The number of nitrogens with two attached hydrogens (primary N) is 1. The van der Waals surface area contributed by atoms with Crippen LogP contribution >= 0.6 is 12.2 Å². The summed E-state index contributed by atoms with van der Waals surface area (Å²) in [6.07, 6.45) is 1.57. The average molecular weight is 277 g/mol. The van der Waals surface area contributed by atoms with Crippen molar-refractivity contribution in [2.75, 3.05) is 12.4 Å². The Morgan fingerprint density at radius 1 is 1.42 bits per heavy atom. The van der Waals surface area contributed by atoms with Crippen molar-refractivity contribution in [1.29, 1.82) is 0 Å². The highest BCUT2D eigenvalue weighted by atomic mass is 32.1. The predicted molar refractivity (Wildman–Crippen MR) is 76.4 cm³/mol. The van der Waals surface area contributed by atoms with E-state index in [-0.39, 0.29) is 10.7 Å². The second kappa shape index (κ2) is 5.62. The number of nitrogens with one attached hydrogen (secondary N) is 1. The van der Waals surface area contributed by atoms with E-state index in [2.05, 4.69) is 10.3 Å². The summed E-state index contributed by atoms with van der Waals surface area (Å²) in [7, 11) is 1.51. The number of hydrogen-bond donors (Lipinski definition) is 2. The van der Waals surface area contributed by atoms with Crippen molar-refractivity contribution < 1.29 is 9.13 Å². The van der Waals surface area contributed by atoms with Crippen LogP contribution in [0, 0.1) is 5.82 Å². The third kappa shape index (κ3) is 2.97. The molecule has 1 heterocycles. The lowest BCUT2D eigenvalue weighted by atomic mass is 10.2. The summed E-state index contributed by atoms with van der Waals surface area (Å²) in [4.78, 5) is 4.30. The zero-order valence-electron chi connectivity index (χ0n) is 10.2. The molecule has 3 N–H and O–H groups in total. The van der Waals surface area contributed by atoms with Crippen molar-refractivity contribution >= 4 is 28.7 Å². The number of thiocarbonyl (C=S) groups is 1. The Hall–Kier alpha value is -2.21. The van der Waals surface area contributed by atoms with Crippen LogP contribution in [0.1, 0.15) is 5.56 Å². The summed E-state index contributed by atoms with van der Waals surface area (Å²) in [5, 5.41) is 2.86. The molecule has 0 amide bonds. The topological polar surface area (TPSA) is 60.2 Å².